The van der Waals surface area contributed by atoms with Gasteiger partial charge in [-0.3, -0.25) is 4.68 Å². The zero-order valence-electron chi connectivity index (χ0n) is 12.5. The fraction of sp³-hybridized carbons (Fsp3) is 0.400. The van der Waals surface area contributed by atoms with E-state index in [-0.39, 0.29) is 0 Å². The first-order valence-corrected chi connectivity index (χ1v) is 8.70. The van der Waals surface area contributed by atoms with Crippen LogP contribution in [0.25, 0.3) is 0 Å². The second-order valence-electron chi connectivity index (χ2n) is 4.61. The minimum atomic E-state index is 0.654. The molecule has 0 fully saturated rings. The SMILES string of the molecule is CCOc1ccc(N)c(SCc2c(Br)c(CC)nn2C)c1. The normalized spacial score (nSPS) is 10.9. The third kappa shape index (κ3) is 3.74. The first kappa shape index (κ1) is 16.2. The van der Waals surface area contributed by atoms with Gasteiger partial charge in [-0.05, 0) is 47.5 Å². The van der Waals surface area contributed by atoms with Crippen molar-refractivity contribution in [3.05, 3.63) is 34.1 Å². The van der Waals surface area contributed by atoms with Gasteiger partial charge in [0.2, 0.25) is 0 Å². The maximum atomic E-state index is 6.05. The molecule has 2 N–H and O–H groups in total. The summed E-state index contributed by atoms with van der Waals surface area (Å²) in [6, 6.07) is 5.79. The number of nitrogens with two attached hydrogens (primary N) is 1. The maximum absolute atomic E-state index is 6.05. The van der Waals surface area contributed by atoms with E-state index in [0.717, 1.165) is 44.4 Å². The Bertz CT molecular complexity index is 628. The van der Waals surface area contributed by atoms with E-state index in [9.17, 15) is 0 Å². The molecule has 0 spiro atoms. The Balaban J connectivity index is 2.16. The predicted octanol–water partition coefficient (Wildman–Crippen LogP) is 4.02. The Hall–Kier alpha value is -1.14. The molecular weight excluding hydrogens is 350 g/mol. The van der Waals surface area contributed by atoms with Crippen LogP contribution in [0.1, 0.15) is 25.2 Å². The van der Waals surface area contributed by atoms with Crippen LogP contribution < -0.4 is 10.5 Å². The van der Waals surface area contributed by atoms with Gasteiger partial charge in [0.1, 0.15) is 5.75 Å². The molecule has 1 aromatic carbocycles. The molecule has 4 nitrogen and oxygen atoms in total. The van der Waals surface area contributed by atoms with E-state index in [1.807, 2.05) is 36.9 Å². The molecule has 0 bridgehead atoms. The quantitative estimate of drug-likeness (QED) is 0.617. The van der Waals surface area contributed by atoms with Crippen molar-refractivity contribution in [3.63, 3.8) is 0 Å². The van der Waals surface area contributed by atoms with Gasteiger partial charge >= 0.3 is 0 Å². The van der Waals surface area contributed by atoms with Crippen LogP contribution in [0.4, 0.5) is 5.69 Å². The summed E-state index contributed by atoms with van der Waals surface area (Å²) in [6.07, 6.45) is 0.918. The van der Waals surface area contributed by atoms with Gasteiger partial charge in [-0.2, -0.15) is 5.10 Å². The lowest BCUT2D eigenvalue weighted by atomic mass is 10.3. The van der Waals surface area contributed by atoms with E-state index in [1.54, 1.807) is 11.8 Å². The van der Waals surface area contributed by atoms with Crippen LogP contribution >= 0.6 is 27.7 Å². The Kier molecular flexibility index (Phi) is 5.58. The van der Waals surface area contributed by atoms with Crippen molar-refractivity contribution in [3.8, 4) is 5.75 Å². The summed E-state index contributed by atoms with van der Waals surface area (Å²) in [6.45, 7) is 4.73. The number of nitrogen functional groups attached to an aromatic ring is 1. The number of hydrogen-bond donors (Lipinski definition) is 1. The van der Waals surface area contributed by atoms with E-state index in [1.165, 1.54) is 0 Å². The molecule has 2 rings (SSSR count). The monoisotopic (exact) mass is 369 g/mol. The third-order valence-electron chi connectivity index (χ3n) is 3.16. The van der Waals surface area contributed by atoms with Gasteiger partial charge in [0.05, 0.1) is 22.5 Å². The van der Waals surface area contributed by atoms with E-state index < -0.39 is 0 Å². The lowest BCUT2D eigenvalue weighted by Gasteiger charge is -2.09. The molecule has 21 heavy (non-hydrogen) atoms. The molecule has 0 saturated heterocycles. The number of nitrogens with zero attached hydrogens (tertiary/aromatic N) is 2. The Morgan fingerprint density at radius 3 is 2.76 bits per heavy atom. The first-order valence-electron chi connectivity index (χ1n) is 6.92. The Morgan fingerprint density at radius 1 is 1.38 bits per heavy atom. The van der Waals surface area contributed by atoms with Crippen LogP contribution in [-0.2, 0) is 19.2 Å². The van der Waals surface area contributed by atoms with E-state index in [0.29, 0.717) is 6.61 Å². The number of hydrogen-bond acceptors (Lipinski definition) is 4. The second-order valence-corrected chi connectivity index (χ2v) is 6.42. The topological polar surface area (TPSA) is 53.1 Å². The molecule has 0 aliphatic rings. The highest BCUT2D eigenvalue weighted by molar-refractivity contribution is 9.10. The summed E-state index contributed by atoms with van der Waals surface area (Å²) in [5.74, 6) is 1.66. The fourth-order valence-corrected chi connectivity index (χ4v) is 4.02. The Morgan fingerprint density at radius 2 is 2.14 bits per heavy atom. The molecule has 6 heteroatoms. The molecule has 114 valence electrons. The number of rotatable bonds is 6. The lowest BCUT2D eigenvalue weighted by molar-refractivity contribution is 0.339. The maximum Gasteiger partial charge on any atom is 0.120 e. The number of aromatic nitrogens is 2. The molecule has 0 radical (unpaired) electrons. The van der Waals surface area contributed by atoms with Crippen LogP contribution in [0.5, 0.6) is 5.75 Å². The largest absolute Gasteiger partial charge is 0.494 e. The first-order chi connectivity index (χ1) is 10.1. The summed E-state index contributed by atoms with van der Waals surface area (Å²) in [5, 5.41) is 4.51. The standard InChI is InChI=1S/C15H20BrN3OS/c1-4-12-15(16)13(19(3)18-12)9-21-14-8-10(20-5-2)6-7-11(14)17/h6-8H,4-5,9,17H2,1-3H3. The van der Waals surface area contributed by atoms with Crippen molar-refractivity contribution < 1.29 is 4.74 Å². The molecule has 0 aliphatic carbocycles. The number of thioether (sulfide) groups is 1. The van der Waals surface area contributed by atoms with Gasteiger partial charge < -0.3 is 10.5 Å². The summed E-state index contributed by atoms with van der Waals surface area (Å²) in [4.78, 5) is 1.03. The average molecular weight is 370 g/mol. The molecule has 0 saturated carbocycles. The number of anilines is 1. The summed E-state index contributed by atoms with van der Waals surface area (Å²) in [7, 11) is 1.97. The van der Waals surface area contributed by atoms with Crippen LogP contribution in [0.2, 0.25) is 0 Å². The van der Waals surface area contributed by atoms with Crippen molar-refractivity contribution in [1.29, 1.82) is 0 Å². The average Bonchev–Trinajstić information content (AvgIpc) is 2.74. The number of ether oxygens (including phenoxy) is 1. The molecule has 1 heterocycles. The zero-order valence-corrected chi connectivity index (χ0v) is 14.9. The smallest absolute Gasteiger partial charge is 0.120 e. The molecule has 0 amide bonds. The van der Waals surface area contributed by atoms with Crippen molar-refractivity contribution in [2.45, 2.75) is 30.9 Å². The summed E-state index contributed by atoms with van der Waals surface area (Å²) in [5.41, 5.74) is 9.07. The van der Waals surface area contributed by atoms with Crippen LogP contribution in [0.3, 0.4) is 0 Å². The van der Waals surface area contributed by atoms with Gasteiger partial charge in [-0.25, -0.2) is 0 Å². The molecule has 0 atom stereocenters. The number of aryl methyl sites for hydroxylation is 2. The molecule has 2 aromatic rings. The highest BCUT2D eigenvalue weighted by Gasteiger charge is 2.13. The van der Waals surface area contributed by atoms with Crippen molar-refractivity contribution in [2.24, 2.45) is 7.05 Å². The second kappa shape index (κ2) is 7.22. The molecule has 0 unspecified atom stereocenters. The van der Waals surface area contributed by atoms with Gasteiger partial charge in [-0.15, -0.1) is 11.8 Å². The van der Waals surface area contributed by atoms with Crippen LogP contribution in [-0.4, -0.2) is 16.4 Å². The predicted molar refractivity (Wildman–Crippen MR) is 91.9 cm³/mol. The summed E-state index contributed by atoms with van der Waals surface area (Å²) < 4.78 is 8.55. The summed E-state index contributed by atoms with van der Waals surface area (Å²) >= 11 is 5.34. The van der Waals surface area contributed by atoms with Crippen molar-refractivity contribution >= 4 is 33.4 Å². The molecule has 0 aliphatic heterocycles. The van der Waals surface area contributed by atoms with Crippen molar-refractivity contribution in [1.82, 2.24) is 9.78 Å². The van der Waals surface area contributed by atoms with Crippen LogP contribution in [0.15, 0.2) is 27.6 Å². The van der Waals surface area contributed by atoms with E-state index in [4.69, 9.17) is 10.5 Å². The lowest BCUT2D eigenvalue weighted by Crippen LogP contribution is -1.98. The Labute approximate surface area is 138 Å². The number of halogens is 1. The van der Waals surface area contributed by atoms with Crippen molar-refractivity contribution in [2.75, 3.05) is 12.3 Å². The van der Waals surface area contributed by atoms with E-state index in [2.05, 4.69) is 28.0 Å². The van der Waals surface area contributed by atoms with Gasteiger partial charge in [0, 0.05) is 23.4 Å². The fourth-order valence-electron chi connectivity index (χ4n) is 2.02. The van der Waals surface area contributed by atoms with Crippen LogP contribution in [0, 0.1) is 0 Å². The molecule has 1 aromatic heterocycles. The zero-order chi connectivity index (χ0) is 15.4. The number of benzene rings is 1. The van der Waals surface area contributed by atoms with Gasteiger partial charge in [0.15, 0.2) is 0 Å². The van der Waals surface area contributed by atoms with Gasteiger partial charge in [0.25, 0.3) is 0 Å². The molecular formula is C15H20BrN3OS. The minimum absolute atomic E-state index is 0.654. The third-order valence-corrected chi connectivity index (χ3v) is 5.16. The minimum Gasteiger partial charge on any atom is -0.494 e. The highest BCUT2D eigenvalue weighted by Crippen LogP contribution is 2.34. The highest BCUT2D eigenvalue weighted by atomic mass is 79.9. The van der Waals surface area contributed by atoms with E-state index >= 15 is 0 Å². The van der Waals surface area contributed by atoms with Gasteiger partial charge in [-0.1, -0.05) is 6.92 Å².